The van der Waals surface area contributed by atoms with E-state index in [2.05, 4.69) is 32.9 Å². The summed E-state index contributed by atoms with van der Waals surface area (Å²) < 4.78 is 33.1. The van der Waals surface area contributed by atoms with Crippen LogP contribution in [0.3, 0.4) is 0 Å². The van der Waals surface area contributed by atoms with Crippen LogP contribution >= 0.6 is 15.9 Å². The predicted octanol–water partition coefficient (Wildman–Crippen LogP) is 2.37. The maximum atomic E-state index is 12.3. The second-order valence-electron chi connectivity index (χ2n) is 5.64. The Hall–Kier alpha value is -0.370. The van der Waals surface area contributed by atoms with Gasteiger partial charge in [-0.25, -0.2) is 13.1 Å². The molecule has 0 saturated heterocycles. The Labute approximate surface area is 127 Å². The van der Waals surface area contributed by atoms with Gasteiger partial charge in [-0.05, 0) is 41.1 Å². The lowest BCUT2D eigenvalue weighted by Gasteiger charge is -2.03. The number of hydrogen-bond donors (Lipinski definition) is 2. The Morgan fingerprint density at radius 3 is 2.80 bits per heavy atom. The minimum Gasteiger partial charge on any atom is -0.452 e. The molecular weight excluding hydrogens is 344 g/mol. The Bertz CT molecular complexity index is 595. The Balaban J connectivity index is 1.68. The highest BCUT2D eigenvalue weighted by molar-refractivity contribution is 9.10. The smallest absolute Gasteiger partial charge is 0.245 e. The molecule has 0 aliphatic heterocycles. The van der Waals surface area contributed by atoms with E-state index in [9.17, 15) is 8.42 Å². The maximum absolute atomic E-state index is 12.3. The van der Waals surface area contributed by atoms with Crippen molar-refractivity contribution in [2.24, 2.45) is 5.92 Å². The van der Waals surface area contributed by atoms with Gasteiger partial charge in [0, 0.05) is 18.2 Å². The molecule has 1 aromatic heterocycles. The van der Waals surface area contributed by atoms with Crippen LogP contribution in [0.2, 0.25) is 0 Å². The van der Waals surface area contributed by atoms with Gasteiger partial charge in [0.05, 0.1) is 6.54 Å². The molecular formula is C13H19BrN2O3S. The third kappa shape index (κ3) is 3.27. The van der Waals surface area contributed by atoms with E-state index in [4.69, 9.17) is 4.42 Å². The van der Waals surface area contributed by atoms with Crippen molar-refractivity contribution in [3.8, 4) is 0 Å². The molecule has 2 aliphatic carbocycles. The number of furan rings is 1. The van der Waals surface area contributed by atoms with Gasteiger partial charge in [-0.3, -0.25) is 0 Å². The maximum Gasteiger partial charge on any atom is 0.245 e. The molecule has 2 unspecified atom stereocenters. The molecule has 0 bridgehead atoms. The van der Waals surface area contributed by atoms with Crippen LogP contribution in [0.25, 0.3) is 0 Å². The van der Waals surface area contributed by atoms with Crippen molar-refractivity contribution in [1.82, 2.24) is 10.0 Å². The van der Waals surface area contributed by atoms with Crippen LogP contribution in [0.4, 0.5) is 0 Å². The van der Waals surface area contributed by atoms with Crippen LogP contribution in [0, 0.1) is 5.92 Å². The number of halogens is 1. The van der Waals surface area contributed by atoms with Crippen molar-refractivity contribution in [3.05, 3.63) is 16.5 Å². The standard InChI is InChI=1S/C13H19BrN2O3S/c1-2-8-5-11(8)16-20(17,18)12-6-10(19-13(12)14)7-15-9-3-4-9/h6,8-9,11,15-16H,2-5,7H2,1H3. The summed E-state index contributed by atoms with van der Waals surface area (Å²) in [5, 5.41) is 3.30. The van der Waals surface area contributed by atoms with E-state index in [-0.39, 0.29) is 15.6 Å². The molecule has 5 nitrogen and oxygen atoms in total. The van der Waals surface area contributed by atoms with Crippen molar-refractivity contribution >= 4 is 26.0 Å². The van der Waals surface area contributed by atoms with Crippen molar-refractivity contribution < 1.29 is 12.8 Å². The Kier molecular flexibility index (Phi) is 3.96. The van der Waals surface area contributed by atoms with E-state index in [1.807, 2.05) is 0 Å². The molecule has 0 spiro atoms. The normalized spacial score (nSPS) is 25.9. The van der Waals surface area contributed by atoms with Crippen molar-refractivity contribution in [3.63, 3.8) is 0 Å². The minimum atomic E-state index is -3.49. The van der Waals surface area contributed by atoms with Crippen molar-refractivity contribution in [2.75, 3.05) is 0 Å². The highest BCUT2D eigenvalue weighted by atomic mass is 79.9. The van der Waals surface area contributed by atoms with Crippen molar-refractivity contribution in [1.29, 1.82) is 0 Å². The summed E-state index contributed by atoms with van der Waals surface area (Å²) in [7, 11) is -3.49. The minimum absolute atomic E-state index is 0.0832. The van der Waals surface area contributed by atoms with Crippen LogP contribution in [0.15, 0.2) is 20.0 Å². The number of sulfonamides is 1. The predicted molar refractivity (Wildman–Crippen MR) is 78.8 cm³/mol. The van der Waals surface area contributed by atoms with Gasteiger partial charge in [0.25, 0.3) is 0 Å². The number of nitrogens with one attached hydrogen (secondary N) is 2. The van der Waals surface area contributed by atoms with Gasteiger partial charge >= 0.3 is 0 Å². The average molecular weight is 363 g/mol. The van der Waals surface area contributed by atoms with E-state index < -0.39 is 10.0 Å². The van der Waals surface area contributed by atoms with Gasteiger partial charge in [0.2, 0.25) is 10.0 Å². The summed E-state index contributed by atoms with van der Waals surface area (Å²) in [5.74, 6) is 1.12. The summed E-state index contributed by atoms with van der Waals surface area (Å²) in [5.41, 5.74) is 0. The number of hydrogen-bond acceptors (Lipinski definition) is 4. The lowest BCUT2D eigenvalue weighted by atomic mass is 10.3. The van der Waals surface area contributed by atoms with E-state index in [0.717, 1.165) is 12.8 Å². The van der Waals surface area contributed by atoms with Gasteiger partial charge in [0.15, 0.2) is 4.67 Å². The molecule has 2 saturated carbocycles. The molecule has 7 heteroatoms. The first-order valence-electron chi connectivity index (χ1n) is 7.03. The third-order valence-electron chi connectivity index (χ3n) is 3.89. The molecule has 0 radical (unpaired) electrons. The zero-order chi connectivity index (χ0) is 14.3. The van der Waals surface area contributed by atoms with Gasteiger partial charge < -0.3 is 9.73 Å². The van der Waals surface area contributed by atoms with E-state index in [1.165, 1.54) is 12.8 Å². The molecule has 2 aliphatic rings. The van der Waals surface area contributed by atoms with Gasteiger partial charge in [-0.1, -0.05) is 13.3 Å². The van der Waals surface area contributed by atoms with E-state index >= 15 is 0 Å². The molecule has 1 aromatic rings. The second kappa shape index (κ2) is 5.44. The summed E-state index contributed by atoms with van der Waals surface area (Å²) >= 11 is 3.20. The Morgan fingerprint density at radius 1 is 1.45 bits per heavy atom. The van der Waals surface area contributed by atoms with Crippen LogP contribution in [-0.2, 0) is 16.6 Å². The van der Waals surface area contributed by atoms with Gasteiger partial charge in [-0.15, -0.1) is 0 Å². The average Bonchev–Trinajstić information content (AvgIpc) is 3.28. The SMILES string of the molecule is CCC1CC1NS(=O)(=O)c1cc(CNC2CC2)oc1Br. The van der Waals surface area contributed by atoms with Gasteiger partial charge in [-0.2, -0.15) is 0 Å². The molecule has 3 rings (SSSR count). The second-order valence-corrected chi connectivity index (χ2v) is 8.04. The molecule has 2 N–H and O–H groups in total. The summed E-state index contributed by atoms with van der Waals surface area (Å²) in [4.78, 5) is 0.201. The molecule has 2 atom stereocenters. The van der Waals surface area contributed by atoms with Crippen LogP contribution in [-0.4, -0.2) is 20.5 Å². The Morgan fingerprint density at radius 2 is 2.20 bits per heavy atom. The first-order valence-corrected chi connectivity index (χ1v) is 9.31. The van der Waals surface area contributed by atoms with Crippen LogP contribution < -0.4 is 10.0 Å². The van der Waals surface area contributed by atoms with E-state index in [0.29, 0.717) is 24.3 Å². The summed E-state index contributed by atoms with van der Waals surface area (Å²) in [6, 6.07) is 2.25. The molecule has 20 heavy (non-hydrogen) atoms. The highest BCUT2D eigenvalue weighted by Gasteiger charge is 2.39. The highest BCUT2D eigenvalue weighted by Crippen LogP contribution is 2.35. The van der Waals surface area contributed by atoms with Crippen LogP contribution in [0.5, 0.6) is 0 Å². The van der Waals surface area contributed by atoms with Crippen molar-refractivity contribution in [2.45, 2.75) is 56.1 Å². The first kappa shape index (κ1) is 14.6. The third-order valence-corrected chi connectivity index (χ3v) is 6.24. The van der Waals surface area contributed by atoms with E-state index in [1.54, 1.807) is 6.07 Å². The number of rotatable bonds is 7. The zero-order valence-corrected chi connectivity index (χ0v) is 13.8. The molecule has 1 heterocycles. The fourth-order valence-electron chi connectivity index (χ4n) is 2.31. The lowest BCUT2D eigenvalue weighted by molar-refractivity contribution is 0.460. The first-order chi connectivity index (χ1) is 9.49. The van der Waals surface area contributed by atoms with Crippen LogP contribution in [0.1, 0.15) is 38.4 Å². The summed E-state index contributed by atoms with van der Waals surface area (Å²) in [6.45, 7) is 2.65. The molecule has 112 valence electrons. The molecule has 0 aromatic carbocycles. The lowest BCUT2D eigenvalue weighted by Crippen LogP contribution is -2.27. The monoisotopic (exact) mass is 362 g/mol. The molecule has 2 fully saturated rings. The quantitative estimate of drug-likeness (QED) is 0.780. The zero-order valence-electron chi connectivity index (χ0n) is 11.4. The fourth-order valence-corrected chi connectivity index (χ4v) is 4.62. The molecule has 0 amide bonds. The fraction of sp³-hybridized carbons (Fsp3) is 0.692. The topological polar surface area (TPSA) is 71.3 Å². The summed E-state index contributed by atoms with van der Waals surface area (Å²) in [6.07, 6.45) is 4.32. The largest absolute Gasteiger partial charge is 0.452 e. The van der Waals surface area contributed by atoms with Gasteiger partial charge in [0.1, 0.15) is 10.7 Å².